The Morgan fingerprint density at radius 1 is 0.623 bits per heavy atom. The topological polar surface area (TPSA) is 6.48 Å². The molecule has 0 amide bonds. The van der Waals surface area contributed by atoms with Crippen molar-refractivity contribution in [3.8, 4) is 11.1 Å². The molecule has 0 radical (unpaired) electrons. The quantitative estimate of drug-likeness (QED) is 0.154. The van der Waals surface area contributed by atoms with Gasteiger partial charge in [-0.2, -0.15) is 0 Å². The number of thiophene rings is 1. The van der Waals surface area contributed by atoms with Gasteiger partial charge < -0.3 is 9.80 Å². The maximum atomic E-state index is 2.64. The van der Waals surface area contributed by atoms with Gasteiger partial charge in [-0.05, 0) is 152 Å². The smallest absolute Gasteiger partial charge is 0.264 e. The Labute approximate surface area is 369 Å². The largest absolute Gasteiger partial charge is 0.311 e. The lowest BCUT2D eigenvalue weighted by Crippen LogP contribution is -2.60. The number of nitrogens with zero attached hydrogens (tertiary/aromatic N) is 2. The molecule has 0 fully saturated rings. The summed E-state index contributed by atoms with van der Waals surface area (Å²) in [6.45, 7) is 25.9. The third-order valence-corrected chi connectivity index (χ3v) is 15.7. The van der Waals surface area contributed by atoms with Crippen LogP contribution in [0.1, 0.15) is 128 Å². The molecule has 7 aromatic rings. The molecule has 0 N–H and O–H groups in total. The minimum Gasteiger partial charge on any atom is -0.311 e. The minimum absolute atomic E-state index is 0.0149. The summed E-state index contributed by atoms with van der Waals surface area (Å²) in [6, 6.07) is 45.7. The van der Waals surface area contributed by atoms with E-state index in [4.69, 9.17) is 0 Å². The van der Waals surface area contributed by atoms with Gasteiger partial charge in [-0.1, -0.05) is 137 Å². The molecule has 2 nitrogen and oxygen atoms in total. The van der Waals surface area contributed by atoms with Gasteiger partial charge in [0, 0.05) is 43.2 Å². The van der Waals surface area contributed by atoms with Gasteiger partial charge in [0.2, 0.25) is 0 Å². The average molecular weight is 817 g/mol. The summed E-state index contributed by atoms with van der Waals surface area (Å²) < 4.78 is 2.79. The maximum absolute atomic E-state index is 2.64. The molecule has 308 valence electrons. The first kappa shape index (κ1) is 40.0. The molecule has 0 unspecified atom stereocenters. The van der Waals surface area contributed by atoms with Gasteiger partial charge in [0.1, 0.15) is 0 Å². The zero-order valence-electron chi connectivity index (χ0n) is 38.3. The molecule has 10 rings (SSSR count). The van der Waals surface area contributed by atoms with Gasteiger partial charge in [-0.3, -0.25) is 0 Å². The van der Waals surface area contributed by atoms with Crippen molar-refractivity contribution >= 4 is 78.0 Å². The summed E-state index contributed by atoms with van der Waals surface area (Å²) >= 11 is 2.00. The predicted octanol–water partition coefficient (Wildman–Crippen LogP) is 14.5. The van der Waals surface area contributed by atoms with Crippen LogP contribution < -0.4 is 25.5 Å². The zero-order valence-corrected chi connectivity index (χ0v) is 39.1. The predicted molar refractivity (Wildman–Crippen MR) is 268 cm³/mol. The molecule has 4 heteroatoms. The Morgan fingerprint density at radius 2 is 1.28 bits per heavy atom. The van der Waals surface area contributed by atoms with Crippen LogP contribution in [0.5, 0.6) is 0 Å². The molecule has 3 heterocycles. The molecule has 1 aromatic heterocycles. The number of rotatable bonds is 6. The lowest BCUT2D eigenvalue weighted by atomic mass is 9.36. The van der Waals surface area contributed by atoms with Crippen molar-refractivity contribution in [3.05, 3.63) is 149 Å². The van der Waals surface area contributed by atoms with E-state index in [0.717, 1.165) is 19.3 Å². The van der Waals surface area contributed by atoms with E-state index >= 15 is 0 Å². The van der Waals surface area contributed by atoms with E-state index in [2.05, 4.69) is 201 Å². The fourth-order valence-electron chi connectivity index (χ4n) is 10.3. The highest BCUT2D eigenvalue weighted by atomic mass is 32.1. The van der Waals surface area contributed by atoms with Crippen molar-refractivity contribution in [3.63, 3.8) is 0 Å². The second-order valence-electron chi connectivity index (χ2n) is 21.1. The van der Waals surface area contributed by atoms with Crippen LogP contribution in [0.4, 0.5) is 34.1 Å². The van der Waals surface area contributed by atoms with Gasteiger partial charge in [0.05, 0.1) is 11.4 Å². The number of hydrogen-bond donors (Lipinski definition) is 0. The lowest BCUT2D eigenvalue weighted by molar-refractivity contribution is 0.506. The van der Waals surface area contributed by atoms with Crippen molar-refractivity contribution in [2.75, 3.05) is 9.80 Å². The van der Waals surface area contributed by atoms with Crippen LogP contribution in [0.3, 0.4) is 0 Å². The number of benzene rings is 6. The highest BCUT2D eigenvalue weighted by molar-refractivity contribution is 7.33. The van der Waals surface area contributed by atoms with Crippen LogP contribution in [0.15, 0.2) is 115 Å². The lowest BCUT2D eigenvalue weighted by Gasteiger charge is -2.44. The van der Waals surface area contributed by atoms with Crippen LogP contribution in [-0.4, -0.2) is 6.71 Å². The average Bonchev–Trinajstić information content (AvgIpc) is 3.88. The molecule has 0 spiro atoms. The van der Waals surface area contributed by atoms with E-state index < -0.39 is 0 Å². The van der Waals surface area contributed by atoms with Crippen LogP contribution in [0.2, 0.25) is 0 Å². The van der Waals surface area contributed by atoms with Crippen molar-refractivity contribution in [1.29, 1.82) is 0 Å². The highest BCUT2D eigenvalue weighted by Gasteiger charge is 2.46. The summed E-state index contributed by atoms with van der Waals surface area (Å²) in [6.07, 6.45) is 4.62. The van der Waals surface area contributed by atoms with Gasteiger partial charge >= 0.3 is 0 Å². The molecule has 0 saturated heterocycles. The first-order chi connectivity index (χ1) is 29.0. The van der Waals surface area contributed by atoms with Crippen LogP contribution in [0, 0.1) is 0 Å². The first-order valence-corrected chi connectivity index (χ1v) is 23.7. The van der Waals surface area contributed by atoms with Crippen molar-refractivity contribution in [1.82, 2.24) is 0 Å². The minimum atomic E-state index is 0.0149. The van der Waals surface area contributed by atoms with Crippen LogP contribution in [0.25, 0.3) is 21.2 Å². The Balaban J connectivity index is 1.29. The van der Waals surface area contributed by atoms with E-state index in [1.54, 1.807) is 0 Å². The van der Waals surface area contributed by atoms with Crippen molar-refractivity contribution < 1.29 is 0 Å². The summed E-state index contributed by atoms with van der Waals surface area (Å²) in [5.41, 5.74) is 21.9. The Bertz CT molecular complexity index is 2860. The molecule has 1 aliphatic carbocycles. The van der Waals surface area contributed by atoms with E-state index in [9.17, 15) is 0 Å². The normalized spacial score (nSPS) is 14.7. The third-order valence-electron chi connectivity index (χ3n) is 14.5. The van der Waals surface area contributed by atoms with Gasteiger partial charge in [0.15, 0.2) is 0 Å². The standard InChI is InChI=1S/C57H61BN2S/c1-12-57(10,11)38-23-27-41(28-24-38)59-49-20-15-21-50-52(49)58(54-53(59)45-34-40(56(7,8)9)26-31-51(45)61-54)46-32-37(35(2)3)22-29-48(46)60(50)47-30-25-39(55(4,5)6)33-44(47)43-19-14-17-36-16-13-18-42(36)43/h14-15,17,19-35H,12-13,16,18H2,1-11H3. The Morgan fingerprint density at radius 3 is 1.98 bits per heavy atom. The van der Waals surface area contributed by atoms with Gasteiger partial charge in [-0.15, -0.1) is 11.3 Å². The number of fused-ring (bicyclic) bond motifs is 7. The summed E-state index contributed by atoms with van der Waals surface area (Å²) in [5, 5.41) is 1.35. The molecule has 3 aliphatic rings. The summed E-state index contributed by atoms with van der Waals surface area (Å²) in [4.78, 5) is 5.27. The monoisotopic (exact) mass is 816 g/mol. The molecule has 0 bridgehead atoms. The van der Waals surface area contributed by atoms with E-state index in [0.29, 0.717) is 5.92 Å². The van der Waals surface area contributed by atoms with Gasteiger partial charge in [0.25, 0.3) is 6.71 Å². The van der Waals surface area contributed by atoms with E-state index in [1.807, 2.05) is 11.3 Å². The number of anilines is 6. The fourth-order valence-corrected chi connectivity index (χ4v) is 11.6. The number of hydrogen-bond acceptors (Lipinski definition) is 3. The van der Waals surface area contributed by atoms with Crippen molar-refractivity contribution in [2.45, 2.75) is 124 Å². The van der Waals surface area contributed by atoms with E-state index in [1.165, 1.54) is 111 Å². The van der Waals surface area contributed by atoms with Gasteiger partial charge in [-0.25, -0.2) is 0 Å². The molecule has 2 aliphatic heterocycles. The van der Waals surface area contributed by atoms with Crippen LogP contribution in [-0.2, 0) is 29.1 Å². The van der Waals surface area contributed by atoms with Crippen LogP contribution >= 0.6 is 11.3 Å². The summed E-state index contributed by atoms with van der Waals surface area (Å²) in [7, 11) is 0. The third kappa shape index (κ3) is 6.42. The molecule has 0 saturated carbocycles. The molecule has 0 atom stereocenters. The molecular weight excluding hydrogens is 756 g/mol. The zero-order chi connectivity index (χ0) is 42.7. The maximum Gasteiger partial charge on any atom is 0.264 e. The first-order valence-electron chi connectivity index (χ1n) is 22.9. The SMILES string of the molecule is CCC(C)(C)c1ccc(N2c3cccc4c3B(c3cc(C(C)C)ccc3N4c3ccc(C(C)(C)C)cc3-c3cccc4c3CCC4)c3sc4ccc(C(C)(C)C)cc4c32)cc1. The highest BCUT2D eigenvalue weighted by Crippen LogP contribution is 2.51. The van der Waals surface area contributed by atoms with Crippen molar-refractivity contribution in [2.24, 2.45) is 0 Å². The fraction of sp³-hybridized carbons (Fsp3) is 0.333. The Hall–Kier alpha value is -5.06. The van der Waals surface area contributed by atoms with E-state index in [-0.39, 0.29) is 23.0 Å². The number of aryl methyl sites for hydroxylation is 1. The second-order valence-corrected chi connectivity index (χ2v) is 22.2. The molecule has 61 heavy (non-hydrogen) atoms. The molecular formula is C57H61BN2S. The molecule has 6 aromatic carbocycles. The second kappa shape index (κ2) is 14.2. The Kier molecular flexibility index (Phi) is 9.35. The summed E-state index contributed by atoms with van der Waals surface area (Å²) in [5.74, 6) is 0.408.